The Hall–Kier alpha value is -2.61. The first-order chi connectivity index (χ1) is 12.0. The molecule has 2 aromatic carbocycles. The van der Waals surface area contributed by atoms with Crippen LogP contribution in [0.15, 0.2) is 53.0 Å². The predicted octanol–water partition coefficient (Wildman–Crippen LogP) is 4.36. The van der Waals surface area contributed by atoms with Gasteiger partial charge in [-0.1, -0.05) is 30.3 Å². The first-order valence-corrected chi connectivity index (χ1v) is 7.97. The van der Waals surface area contributed by atoms with Gasteiger partial charge in [0, 0.05) is 6.07 Å². The Morgan fingerprint density at radius 2 is 1.84 bits per heavy atom. The summed E-state index contributed by atoms with van der Waals surface area (Å²) in [6.45, 7) is 0.136. The van der Waals surface area contributed by atoms with Gasteiger partial charge < -0.3 is 5.32 Å². The lowest BCUT2D eigenvalue weighted by Gasteiger charge is -2.10. The van der Waals surface area contributed by atoms with Crippen molar-refractivity contribution in [3.05, 3.63) is 81.8 Å². The van der Waals surface area contributed by atoms with Crippen LogP contribution in [0, 0.1) is 17.6 Å². The fraction of sp³-hybridized carbons (Fsp3) is 0.0588. The highest BCUT2D eigenvalue weighted by atomic mass is 79.9. The third-order valence-electron chi connectivity index (χ3n) is 3.44. The van der Waals surface area contributed by atoms with E-state index in [1.54, 1.807) is 24.3 Å². The number of halogens is 4. The monoisotopic (exact) mass is 409 g/mol. The highest BCUT2D eigenvalue weighted by Gasteiger charge is 2.20. The molecular weight excluding hydrogens is 399 g/mol. The van der Waals surface area contributed by atoms with Crippen LogP contribution in [0.5, 0.6) is 0 Å². The number of rotatable bonds is 4. The molecule has 0 unspecified atom stereocenters. The summed E-state index contributed by atoms with van der Waals surface area (Å²) in [4.78, 5) is 12.4. The Labute approximate surface area is 149 Å². The number of hydrogen-bond acceptors (Lipinski definition) is 2. The van der Waals surface area contributed by atoms with Crippen LogP contribution in [0.25, 0.3) is 0 Å². The minimum Gasteiger partial charge on any atom is -0.316 e. The lowest BCUT2D eigenvalue weighted by Crippen LogP contribution is -2.19. The molecule has 0 spiro atoms. The van der Waals surface area contributed by atoms with Gasteiger partial charge in [0.1, 0.15) is 17.2 Å². The minimum absolute atomic E-state index is 0.00632. The van der Waals surface area contributed by atoms with Crippen LogP contribution in [0.2, 0.25) is 0 Å². The Bertz CT molecular complexity index is 928. The van der Waals surface area contributed by atoms with Crippen molar-refractivity contribution in [1.82, 2.24) is 9.78 Å². The van der Waals surface area contributed by atoms with E-state index in [4.69, 9.17) is 0 Å². The quantitative estimate of drug-likeness (QED) is 0.650. The third-order valence-corrected chi connectivity index (χ3v) is 4.05. The van der Waals surface area contributed by atoms with Crippen LogP contribution in [-0.4, -0.2) is 15.7 Å². The third kappa shape index (κ3) is 3.74. The second-order valence-electron chi connectivity index (χ2n) is 5.17. The molecule has 8 heteroatoms. The topological polar surface area (TPSA) is 46.9 Å². The zero-order valence-electron chi connectivity index (χ0n) is 12.6. The van der Waals surface area contributed by atoms with Crippen LogP contribution >= 0.6 is 15.9 Å². The van der Waals surface area contributed by atoms with Gasteiger partial charge in [-0.3, -0.25) is 9.48 Å². The van der Waals surface area contributed by atoms with Gasteiger partial charge in [0.25, 0.3) is 5.91 Å². The highest BCUT2D eigenvalue weighted by molar-refractivity contribution is 9.10. The zero-order valence-corrected chi connectivity index (χ0v) is 14.2. The number of hydrogen-bond donors (Lipinski definition) is 1. The van der Waals surface area contributed by atoms with Crippen molar-refractivity contribution >= 4 is 27.5 Å². The van der Waals surface area contributed by atoms with Crippen molar-refractivity contribution in [1.29, 1.82) is 0 Å². The maximum Gasteiger partial charge on any atom is 0.274 e. The summed E-state index contributed by atoms with van der Waals surface area (Å²) >= 11 is 2.92. The second-order valence-corrected chi connectivity index (χ2v) is 6.02. The molecule has 0 saturated heterocycles. The molecule has 1 N–H and O–H groups in total. The second kappa shape index (κ2) is 7.10. The molecule has 0 fully saturated rings. The van der Waals surface area contributed by atoms with Crippen LogP contribution in [0.3, 0.4) is 0 Å². The first kappa shape index (κ1) is 17.2. The van der Waals surface area contributed by atoms with E-state index in [9.17, 15) is 18.0 Å². The maximum absolute atomic E-state index is 14.0. The average Bonchev–Trinajstić information content (AvgIpc) is 2.96. The molecule has 3 rings (SSSR count). The molecule has 25 heavy (non-hydrogen) atoms. The summed E-state index contributed by atoms with van der Waals surface area (Å²) in [5.74, 6) is -3.63. The Balaban J connectivity index is 1.90. The van der Waals surface area contributed by atoms with Gasteiger partial charge in [-0.15, -0.1) is 5.10 Å². The van der Waals surface area contributed by atoms with Crippen LogP contribution < -0.4 is 5.32 Å². The number of nitrogens with zero attached hydrogens (tertiary/aromatic N) is 2. The van der Waals surface area contributed by atoms with Gasteiger partial charge in [0.2, 0.25) is 5.95 Å². The maximum atomic E-state index is 14.0. The standard InChI is InChI=1S/C17H11BrF3N3O/c18-11-6-7-12(19)16(15(11)21)22-17(25)13-8-14(20)23-24(13)9-10-4-2-1-3-5-10/h1-8H,9H2,(H,22,25). The molecule has 1 heterocycles. The van der Waals surface area contributed by atoms with Crippen molar-refractivity contribution in [2.45, 2.75) is 6.54 Å². The molecule has 1 amide bonds. The van der Waals surface area contributed by atoms with Gasteiger partial charge in [0.15, 0.2) is 5.82 Å². The molecule has 1 aromatic heterocycles. The van der Waals surface area contributed by atoms with Crippen molar-refractivity contribution in [3.63, 3.8) is 0 Å². The molecule has 0 saturated carbocycles. The zero-order chi connectivity index (χ0) is 18.0. The molecule has 0 aliphatic heterocycles. The number of aromatic nitrogens is 2. The van der Waals surface area contributed by atoms with Crippen LogP contribution in [-0.2, 0) is 6.54 Å². The Morgan fingerprint density at radius 1 is 1.12 bits per heavy atom. The van der Waals surface area contributed by atoms with Gasteiger partial charge >= 0.3 is 0 Å². The highest BCUT2D eigenvalue weighted by Crippen LogP contribution is 2.26. The van der Waals surface area contributed by atoms with Gasteiger partial charge in [0.05, 0.1) is 11.0 Å². The van der Waals surface area contributed by atoms with Gasteiger partial charge in [-0.25, -0.2) is 8.78 Å². The summed E-state index contributed by atoms with van der Waals surface area (Å²) < 4.78 is 42.5. The number of anilines is 1. The van der Waals surface area contributed by atoms with E-state index >= 15 is 0 Å². The van der Waals surface area contributed by atoms with Crippen molar-refractivity contribution < 1.29 is 18.0 Å². The van der Waals surface area contributed by atoms with E-state index in [1.807, 2.05) is 6.07 Å². The number of amides is 1. The molecule has 3 aromatic rings. The van der Waals surface area contributed by atoms with E-state index in [0.29, 0.717) is 0 Å². The summed E-state index contributed by atoms with van der Waals surface area (Å²) in [6.07, 6.45) is 0. The molecular formula is C17H11BrF3N3O. The number of nitrogens with one attached hydrogen (secondary N) is 1. The average molecular weight is 410 g/mol. The SMILES string of the molecule is O=C(Nc1c(F)ccc(Br)c1F)c1cc(F)nn1Cc1ccccc1. The Kier molecular flexibility index (Phi) is 4.89. The summed E-state index contributed by atoms with van der Waals surface area (Å²) in [7, 11) is 0. The summed E-state index contributed by atoms with van der Waals surface area (Å²) in [6, 6.07) is 12.1. The molecule has 4 nitrogen and oxygen atoms in total. The largest absolute Gasteiger partial charge is 0.316 e. The summed E-state index contributed by atoms with van der Waals surface area (Å²) in [5, 5.41) is 5.75. The lowest BCUT2D eigenvalue weighted by molar-refractivity contribution is 0.101. The molecule has 0 aliphatic rings. The fourth-order valence-corrected chi connectivity index (χ4v) is 2.59. The van der Waals surface area contributed by atoms with E-state index in [0.717, 1.165) is 22.4 Å². The Morgan fingerprint density at radius 3 is 2.56 bits per heavy atom. The van der Waals surface area contributed by atoms with Crippen molar-refractivity contribution in [3.8, 4) is 0 Å². The molecule has 0 radical (unpaired) electrons. The van der Waals surface area contributed by atoms with Crippen molar-refractivity contribution in [2.75, 3.05) is 5.32 Å². The summed E-state index contributed by atoms with van der Waals surface area (Å²) in [5.41, 5.74) is 0.0202. The molecule has 0 aliphatic carbocycles. The fourth-order valence-electron chi connectivity index (χ4n) is 2.26. The smallest absolute Gasteiger partial charge is 0.274 e. The molecule has 0 atom stereocenters. The van der Waals surface area contributed by atoms with E-state index in [-0.39, 0.29) is 16.7 Å². The lowest BCUT2D eigenvalue weighted by atomic mass is 10.2. The van der Waals surface area contributed by atoms with Gasteiger partial charge in [-0.05, 0) is 33.6 Å². The van der Waals surface area contributed by atoms with E-state index in [2.05, 4.69) is 26.3 Å². The number of carbonyl (C=O) groups excluding carboxylic acids is 1. The van der Waals surface area contributed by atoms with E-state index < -0.39 is 29.2 Å². The number of carbonyl (C=O) groups is 1. The molecule has 0 bridgehead atoms. The van der Waals surface area contributed by atoms with Crippen LogP contribution in [0.4, 0.5) is 18.9 Å². The predicted molar refractivity (Wildman–Crippen MR) is 89.7 cm³/mol. The normalized spacial score (nSPS) is 10.7. The minimum atomic E-state index is -0.956. The van der Waals surface area contributed by atoms with E-state index in [1.165, 1.54) is 6.07 Å². The van der Waals surface area contributed by atoms with Crippen LogP contribution in [0.1, 0.15) is 16.1 Å². The van der Waals surface area contributed by atoms with Crippen molar-refractivity contribution in [2.24, 2.45) is 0 Å². The molecule has 128 valence electrons. The van der Waals surface area contributed by atoms with Gasteiger partial charge in [-0.2, -0.15) is 4.39 Å². The number of benzene rings is 2. The first-order valence-electron chi connectivity index (χ1n) is 7.18.